The molecule has 1 spiro atoms. The molecule has 0 unspecified atom stereocenters. The van der Waals surface area contributed by atoms with Crippen LogP contribution in [0.3, 0.4) is 0 Å². The van der Waals surface area contributed by atoms with Crippen molar-refractivity contribution in [3.8, 4) is 0 Å². The molecule has 124 valence electrons. The number of aryl methyl sites for hydroxylation is 1. The van der Waals surface area contributed by atoms with Gasteiger partial charge in [-0.2, -0.15) is 0 Å². The first-order valence-electron chi connectivity index (χ1n) is 8.71. The van der Waals surface area contributed by atoms with Crippen LogP contribution in [-0.2, 0) is 11.3 Å². The molecule has 0 atom stereocenters. The number of rotatable bonds is 5. The molecule has 3 rings (SSSR count). The lowest BCUT2D eigenvalue weighted by Gasteiger charge is -2.23. The molecule has 1 aromatic carbocycles. The monoisotopic (exact) mass is 376 g/mol. The van der Waals surface area contributed by atoms with Crippen molar-refractivity contribution >= 4 is 27.7 Å². The Bertz CT molecular complexity index is 632. The van der Waals surface area contributed by atoms with E-state index in [0.717, 1.165) is 55.3 Å². The standard InChI is InChI=1S/C19H25BrN2O/c1-3-4-7-17-21-19(10-5-6-11-19)18(23)22(17)13-15-8-9-16(20)14(2)12-15/h8-9,12H,3-7,10-11,13H2,1-2H3. The van der Waals surface area contributed by atoms with Crippen LogP contribution in [0.4, 0.5) is 0 Å². The van der Waals surface area contributed by atoms with Crippen LogP contribution in [0.5, 0.6) is 0 Å². The van der Waals surface area contributed by atoms with Crippen molar-refractivity contribution in [2.45, 2.75) is 70.9 Å². The van der Waals surface area contributed by atoms with E-state index in [9.17, 15) is 4.79 Å². The second kappa shape index (κ2) is 6.76. The van der Waals surface area contributed by atoms with Gasteiger partial charge in [0.15, 0.2) is 0 Å². The Morgan fingerprint density at radius 2 is 2.04 bits per heavy atom. The number of carbonyl (C=O) groups is 1. The first-order valence-corrected chi connectivity index (χ1v) is 9.51. The summed E-state index contributed by atoms with van der Waals surface area (Å²) in [5.41, 5.74) is 1.96. The zero-order chi connectivity index (χ0) is 16.4. The Morgan fingerprint density at radius 3 is 2.70 bits per heavy atom. The summed E-state index contributed by atoms with van der Waals surface area (Å²) < 4.78 is 1.11. The maximum Gasteiger partial charge on any atom is 0.256 e. The predicted octanol–water partition coefficient (Wildman–Crippen LogP) is 5.00. The molecule has 23 heavy (non-hydrogen) atoms. The van der Waals surface area contributed by atoms with Gasteiger partial charge in [-0.25, -0.2) is 0 Å². The Labute approximate surface area is 147 Å². The van der Waals surface area contributed by atoms with Crippen molar-refractivity contribution in [2.24, 2.45) is 4.99 Å². The molecule has 1 aliphatic heterocycles. The smallest absolute Gasteiger partial charge is 0.256 e. The van der Waals surface area contributed by atoms with E-state index >= 15 is 0 Å². The van der Waals surface area contributed by atoms with E-state index in [4.69, 9.17) is 4.99 Å². The van der Waals surface area contributed by atoms with Crippen LogP contribution in [0.25, 0.3) is 0 Å². The van der Waals surface area contributed by atoms with Gasteiger partial charge in [-0.3, -0.25) is 14.7 Å². The summed E-state index contributed by atoms with van der Waals surface area (Å²) in [7, 11) is 0. The number of carbonyl (C=O) groups excluding carboxylic acids is 1. The lowest BCUT2D eigenvalue weighted by atomic mass is 9.98. The first kappa shape index (κ1) is 16.7. The SMILES string of the molecule is CCCCC1=NC2(CCCC2)C(=O)N1Cc1ccc(Br)c(C)c1. The van der Waals surface area contributed by atoms with Crippen LogP contribution in [0.2, 0.25) is 0 Å². The largest absolute Gasteiger partial charge is 0.294 e. The number of benzene rings is 1. The maximum atomic E-state index is 13.1. The number of amides is 1. The number of amidine groups is 1. The highest BCUT2D eigenvalue weighted by atomic mass is 79.9. The van der Waals surface area contributed by atoms with Gasteiger partial charge in [-0.15, -0.1) is 0 Å². The number of unbranched alkanes of at least 4 members (excludes halogenated alkanes) is 1. The summed E-state index contributed by atoms with van der Waals surface area (Å²) in [6.45, 7) is 4.92. The predicted molar refractivity (Wildman–Crippen MR) is 97.6 cm³/mol. The summed E-state index contributed by atoms with van der Waals surface area (Å²) in [6.07, 6.45) is 7.25. The molecule has 1 saturated carbocycles. The molecule has 0 bridgehead atoms. The summed E-state index contributed by atoms with van der Waals surface area (Å²) >= 11 is 3.54. The normalized spacial score (nSPS) is 19.7. The Hall–Kier alpha value is -1.16. The fourth-order valence-electron chi connectivity index (χ4n) is 3.69. The minimum absolute atomic E-state index is 0.238. The van der Waals surface area contributed by atoms with Gasteiger partial charge in [0.1, 0.15) is 11.4 Å². The highest BCUT2D eigenvalue weighted by Gasteiger charge is 2.49. The van der Waals surface area contributed by atoms with Gasteiger partial charge in [0, 0.05) is 10.9 Å². The highest BCUT2D eigenvalue weighted by Crippen LogP contribution is 2.40. The molecule has 1 amide bonds. The van der Waals surface area contributed by atoms with Crippen LogP contribution in [0, 0.1) is 6.92 Å². The van der Waals surface area contributed by atoms with Crippen LogP contribution in [0.15, 0.2) is 27.7 Å². The third-order valence-electron chi connectivity index (χ3n) is 5.05. The zero-order valence-electron chi connectivity index (χ0n) is 14.1. The van der Waals surface area contributed by atoms with E-state index in [-0.39, 0.29) is 5.91 Å². The van der Waals surface area contributed by atoms with Gasteiger partial charge in [0.25, 0.3) is 5.91 Å². The van der Waals surface area contributed by atoms with E-state index in [0.29, 0.717) is 6.54 Å². The molecule has 1 fully saturated rings. The minimum Gasteiger partial charge on any atom is -0.294 e. The maximum absolute atomic E-state index is 13.1. The Kier molecular flexibility index (Phi) is 4.90. The average Bonchev–Trinajstić information content (AvgIpc) is 3.10. The van der Waals surface area contributed by atoms with E-state index in [1.165, 1.54) is 11.1 Å². The molecular weight excluding hydrogens is 352 g/mol. The summed E-state index contributed by atoms with van der Waals surface area (Å²) in [4.78, 5) is 20.0. The molecule has 1 heterocycles. The minimum atomic E-state index is -0.423. The van der Waals surface area contributed by atoms with E-state index in [1.54, 1.807) is 0 Å². The lowest BCUT2D eigenvalue weighted by Crippen LogP contribution is -2.40. The number of hydrogen-bond donors (Lipinski definition) is 0. The average molecular weight is 377 g/mol. The van der Waals surface area contributed by atoms with Crippen molar-refractivity contribution in [3.05, 3.63) is 33.8 Å². The molecule has 0 saturated heterocycles. The van der Waals surface area contributed by atoms with Crippen molar-refractivity contribution in [3.63, 3.8) is 0 Å². The zero-order valence-corrected chi connectivity index (χ0v) is 15.7. The van der Waals surface area contributed by atoms with E-state index in [1.807, 2.05) is 4.90 Å². The Balaban J connectivity index is 1.84. The molecule has 3 nitrogen and oxygen atoms in total. The highest BCUT2D eigenvalue weighted by molar-refractivity contribution is 9.10. The van der Waals surface area contributed by atoms with Gasteiger partial charge in [-0.05, 0) is 43.4 Å². The van der Waals surface area contributed by atoms with Crippen molar-refractivity contribution in [1.29, 1.82) is 0 Å². The third kappa shape index (κ3) is 3.23. The van der Waals surface area contributed by atoms with Crippen LogP contribution >= 0.6 is 15.9 Å². The number of halogens is 1. The number of nitrogens with zero attached hydrogens (tertiary/aromatic N) is 2. The van der Waals surface area contributed by atoms with Crippen molar-refractivity contribution < 1.29 is 4.79 Å². The van der Waals surface area contributed by atoms with Crippen molar-refractivity contribution in [2.75, 3.05) is 0 Å². The third-order valence-corrected chi connectivity index (χ3v) is 5.94. The van der Waals surface area contributed by atoms with Gasteiger partial charge in [0.2, 0.25) is 0 Å². The molecule has 2 aliphatic rings. The topological polar surface area (TPSA) is 32.7 Å². The summed E-state index contributed by atoms with van der Waals surface area (Å²) in [5.74, 6) is 1.25. The Morgan fingerprint density at radius 1 is 1.30 bits per heavy atom. The fourth-order valence-corrected chi connectivity index (χ4v) is 3.93. The fraction of sp³-hybridized carbons (Fsp3) is 0.579. The van der Waals surface area contributed by atoms with E-state index in [2.05, 4.69) is 48.0 Å². The van der Waals surface area contributed by atoms with Crippen molar-refractivity contribution in [1.82, 2.24) is 4.90 Å². The molecule has 0 N–H and O–H groups in total. The van der Waals surface area contributed by atoms with E-state index < -0.39 is 5.54 Å². The van der Waals surface area contributed by atoms with Gasteiger partial charge >= 0.3 is 0 Å². The van der Waals surface area contributed by atoms with Gasteiger partial charge < -0.3 is 0 Å². The summed E-state index contributed by atoms with van der Waals surface area (Å²) in [6, 6.07) is 6.33. The summed E-state index contributed by atoms with van der Waals surface area (Å²) in [5, 5.41) is 0. The second-order valence-electron chi connectivity index (χ2n) is 6.85. The van der Waals surface area contributed by atoms with Gasteiger partial charge in [-0.1, -0.05) is 54.2 Å². The second-order valence-corrected chi connectivity index (χ2v) is 7.70. The molecule has 4 heteroatoms. The molecule has 0 radical (unpaired) electrons. The van der Waals surface area contributed by atoms with Gasteiger partial charge in [0.05, 0.1) is 6.54 Å². The lowest BCUT2D eigenvalue weighted by molar-refractivity contribution is -0.131. The van der Waals surface area contributed by atoms with Crippen LogP contribution < -0.4 is 0 Å². The van der Waals surface area contributed by atoms with Crippen LogP contribution in [0.1, 0.15) is 63.0 Å². The number of hydrogen-bond acceptors (Lipinski definition) is 2. The van der Waals surface area contributed by atoms with Crippen LogP contribution in [-0.4, -0.2) is 22.2 Å². The molecular formula is C19H25BrN2O. The first-order chi connectivity index (χ1) is 11.1. The molecule has 1 aliphatic carbocycles. The molecule has 0 aromatic heterocycles. The number of aliphatic imine (C=N–C) groups is 1. The molecule has 1 aromatic rings. The quantitative estimate of drug-likeness (QED) is 0.711.